The van der Waals surface area contributed by atoms with Crippen LogP contribution in [0.25, 0.3) is 33.3 Å². The molecule has 2 saturated carbocycles. The minimum absolute atomic E-state index is 0.0357. The smallest absolute Gasteiger partial charge is 0.478 e. The van der Waals surface area contributed by atoms with E-state index in [0.717, 1.165) is 56.2 Å². The molecule has 0 amide bonds. The Morgan fingerprint density at radius 2 is 1.80 bits per heavy atom. The van der Waals surface area contributed by atoms with Gasteiger partial charge in [0.05, 0.1) is 16.3 Å². The number of aromatic nitrogens is 3. The number of carboxylic acids is 1. The Hall–Kier alpha value is -3.53. The number of hydrogen-bond acceptors (Lipinski definition) is 5. The lowest BCUT2D eigenvalue weighted by molar-refractivity contribution is -0.274. The minimum Gasteiger partial charge on any atom is -0.478 e. The van der Waals surface area contributed by atoms with E-state index in [9.17, 15) is 23.1 Å². The molecule has 0 unspecified atom stereocenters. The maximum Gasteiger partial charge on any atom is 0.573 e. The van der Waals surface area contributed by atoms with Crippen LogP contribution in [0.15, 0.2) is 35.1 Å². The van der Waals surface area contributed by atoms with Gasteiger partial charge in [-0.1, -0.05) is 29.6 Å². The van der Waals surface area contributed by atoms with Gasteiger partial charge in [-0.05, 0) is 69.6 Å². The van der Waals surface area contributed by atoms with E-state index in [1.165, 1.54) is 0 Å². The standard InChI is InChI=1S/C29H27ClF3N3O4/c1-14-24(15(2)40-35-14)19-9-20-21(25-22(30)10-18(28(37)38)11-23(25)39-29(31,32)33)13-36(27(20)34-12-19)26(16-5-3-6-16)17-7-4-8-17/h9-13,16-17,26H,3-8H2,1-2H3,(H,37,38). The molecule has 1 N–H and O–H groups in total. The largest absolute Gasteiger partial charge is 0.573 e. The summed E-state index contributed by atoms with van der Waals surface area (Å²) in [7, 11) is 0. The molecule has 0 bridgehead atoms. The third kappa shape index (κ3) is 4.62. The van der Waals surface area contributed by atoms with Gasteiger partial charge in [-0.25, -0.2) is 9.78 Å². The number of aromatic carboxylic acids is 1. The third-order valence-corrected chi connectivity index (χ3v) is 8.67. The maximum atomic E-state index is 13.6. The van der Waals surface area contributed by atoms with Gasteiger partial charge in [0.2, 0.25) is 0 Å². The molecule has 0 spiro atoms. The first kappa shape index (κ1) is 26.7. The van der Waals surface area contributed by atoms with Crippen LogP contribution < -0.4 is 4.74 Å². The van der Waals surface area contributed by atoms with Crippen LogP contribution in [0.4, 0.5) is 13.2 Å². The number of carboxylic acid groups (broad SMARTS) is 1. The summed E-state index contributed by atoms with van der Waals surface area (Å²) < 4.78 is 52.5. The van der Waals surface area contributed by atoms with E-state index in [0.29, 0.717) is 45.5 Å². The van der Waals surface area contributed by atoms with Crippen molar-refractivity contribution in [3.05, 3.63) is 52.6 Å². The Morgan fingerprint density at radius 1 is 1.12 bits per heavy atom. The molecule has 2 fully saturated rings. The van der Waals surface area contributed by atoms with Crippen LogP contribution in [0.1, 0.15) is 66.4 Å². The van der Waals surface area contributed by atoms with Gasteiger partial charge >= 0.3 is 12.3 Å². The molecule has 6 rings (SSSR count). The maximum absolute atomic E-state index is 13.6. The number of benzene rings is 1. The van der Waals surface area contributed by atoms with E-state index in [4.69, 9.17) is 21.1 Å². The SMILES string of the molecule is Cc1noc(C)c1-c1cnc2c(c1)c(-c1c(Cl)cc(C(=O)O)cc1OC(F)(F)F)cn2C(C1CCC1)C1CCC1. The van der Waals surface area contributed by atoms with Crippen LogP contribution in [-0.2, 0) is 0 Å². The van der Waals surface area contributed by atoms with Crippen molar-refractivity contribution >= 4 is 28.6 Å². The predicted molar refractivity (Wildman–Crippen MR) is 143 cm³/mol. The van der Waals surface area contributed by atoms with Crippen molar-refractivity contribution in [2.24, 2.45) is 11.8 Å². The van der Waals surface area contributed by atoms with Crippen LogP contribution >= 0.6 is 11.6 Å². The molecule has 3 aromatic heterocycles. The first-order valence-corrected chi connectivity index (χ1v) is 13.7. The van der Waals surface area contributed by atoms with Gasteiger partial charge in [-0.2, -0.15) is 0 Å². The number of halogens is 4. The highest BCUT2D eigenvalue weighted by atomic mass is 35.5. The van der Waals surface area contributed by atoms with Crippen molar-refractivity contribution in [2.45, 2.75) is 64.8 Å². The Bertz CT molecular complexity index is 1590. The fourth-order valence-corrected chi connectivity index (χ4v) is 6.48. The molecule has 0 atom stereocenters. The number of hydrogen-bond donors (Lipinski definition) is 1. The van der Waals surface area contributed by atoms with Crippen LogP contribution in [0.2, 0.25) is 5.02 Å². The first-order chi connectivity index (χ1) is 19.0. The molecule has 0 radical (unpaired) electrons. The summed E-state index contributed by atoms with van der Waals surface area (Å²) >= 11 is 6.56. The number of pyridine rings is 1. The second kappa shape index (κ2) is 9.83. The van der Waals surface area contributed by atoms with Crippen LogP contribution in [0.3, 0.4) is 0 Å². The van der Waals surface area contributed by atoms with Gasteiger partial charge in [0.15, 0.2) is 0 Å². The van der Waals surface area contributed by atoms with Crippen molar-refractivity contribution in [3.63, 3.8) is 0 Å². The molecular weight excluding hydrogens is 547 g/mol. The zero-order chi connectivity index (χ0) is 28.3. The topological polar surface area (TPSA) is 90.4 Å². The summed E-state index contributed by atoms with van der Waals surface area (Å²) in [5, 5.41) is 14.0. The van der Waals surface area contributed by atoms with Crippen molar-refractivity contribution in [2.75, 3.05) is 0 Å². The fourth-order valence-electron chi connectivity index (χ4n) is 6.16. The van der Waals surface area contributed by atoms with Crippen molar-refractivity contribution in [1.82, 2.24) is 14.7 Å². The molecular formula is C29H27ClF3N3O4. The summed E-state index contributed by atoms with van der Waals surface area (Å²) in [6, 6.07) is 4.02. The molecule has 11 heteroatoms. The number of rotatable bonds is 7. The van der Waals surface area contributed by atoms with Crippen LogP contribution in [0, 0.1) is 25.7 Å². The fraction of sp³-hybridized carbons (Fsp3) is 0.414. The molecule has 2 aliphatic carbocycles. The molecule has 7 nitrogen and oxygen atoms in total. The minimum atomic E-state index is -5.06. The van der Waals surface area contributed by atoms with E-state index < -0.39 is 23.6 Å². The van der Waals surface area contributed by atoms with Crippen LogP contribution in [-0.4, -0.2) is 32.1 Å². The molecule has 1 aromatic carbocycles. The Morgan fingerprint density at radius 3 is 2.33 bits per heavy atom. The summed E-state index contributed by atoms with van der Waals surface area (Å²) in [6.07, 6.45) is 5.14. The Balaban J connectivity index is 1.63. The van der Waals surface area contributed by atoms with Crippen molar-refractivity contribution < 1.29 is 32.3 Å². The molecule has 40 heavy (non-hydrogen) atoms. The normalized spacial score (nSPS) is 16.4. The molecule has 0 aliphatic heterocycles. The zero-order valence-electron chi connectivity index (χ0n) is 21.9. The van der Waals surface area contributed by atoms with E-state index in [-0.39, 0.29) is 16.6 Å². The summed E-state index contributed by atoms with van der Waals surface area (Å²) in [4.78, 5) is 16.5. The number of carbonyl (C=O) groups is 1. The number of fused-ring (bicyclic) bond motifs is 1. The van der Waals surface area contributed by atoms with Gasteiger partial charge < -0.3 is 18.9 Å². The Kier molecular flexibility index (Phi) is 6.56. The summed E-state index contributed by atoms with van der Waals surface area (Å²) in [5.74, 6) is -0.600. The van der Waals surface area contributed by atoms with E-state index >= 15 is 0 Å². The van der Waals surface area contributed by atoms with E-state index in [2.05, 4.69) is 14.5 Å². The Labute approximate surface area is 232 Å². The lowest BCUT2D eigenvalue weighted by Crippen LogP contribution is -2.34. The second-order valence-corrected chi connectivity index (χ2v) is 11.2. The van der Waals surface area contributed by atoms with Gasteiger partial charge in [0, 0.05) is 46.1 Å². The molecule has 2 aliphatic rings. The summed E-state index contributed by atoms with van der Waals surface area (Å²) in [6.45, 7) is 3.59. The number of aryl methyl sites for hydroxylation is 2. The quantitative estimate of drug-likeness (QED) is 0.239. The van der Waals surface area contributed by atoms with Gasteiger partial charge in [0.1, 0.15) is 17.2 Å². The second-order valence-electron chi connectivity index (χ2n) is 10.8. The highest BCUT2D eigenvalue weighted by molar-refractivity contribution is 6.34. The average Bonchev–Trinajstić information content (AvgIpc) is 3.33. The monoisotopic (exact) mass is 573 g/mol. The molecule has 4 aromatic rings. The van der Waals surface area contributed by atoms with Crippen LogP contribution in [0.5, 0.6) is 5.75 Å². The molecule has 0 saturated heterocycles. The molecule has 210 valence electrons. The lowest BCUT2D eigenvalue weighted by atomic mass is 9.68. The van der Waals surface area contributed by atoms with Crippen molar-refractivity contribution in [3.8, 4) is 28.0 Å². The summed E-state index contributed by atoms with van der Waals surface area (Å²) in [5.41, 5.74) is 2.68. The highest BCUT2D eigenvalue weighted by Crippen LogP contribution is 2.51. The predicted octanol–water partition coefficient (Wildman–Crippen LogP) is 8.37. The lowest BCUT2D eigenvalue weighted by Gasteiger charge is -2.43. The number of ether oxygens (including phenoxy) is 1. The van der Waals surface area contributed by atoms with Gasteiger partial charge in [-0.3, -0.25) is 0 Å². The third-order valence-electron chi connectivity index (χ3n) is 8.37. The van der Waals surface area contributed by atoms with E-state index in [1.54, 1.807) is 13.1 Å². The highest BCUT2D eigenvalue weighted by Gasteiger charge is 2.39. The number of nitrogens with zero attached hydrogens (tertiary/aromatic N) is 3. The molecule has 3 heterocycles. The number of alkyl halides is 3. The van der Waals surface area contributed by atoms with Crippen molar-refractivity contribution in [1.29, 1.82) is 0 Å². The first-order valence-electron chi connectivity index (χ1n) is 13.3. The van der Waals surface area contributed by atoms with Gasteiger partial charge in [0.25, 0.3) is 0 Å². The van der Waals surface area contributed by atoms with Gasteiger partial charge in [-0.15, -0.1) is 13.2 Å². The average molecular weight is 574 g/mol. The van der Waals surface area contributed by atoms with E-state index in [1.807, 2.05) is 19.2 Å². The zero-order valence-corrected chi connectivity index (χ0v) is 22.6.